The molecule has 2 fully saturated rings. The van der Waals surface area contributed by atoms with Crippen molar-refractivity contribution in [2.75, 3.05) is 31.2 Å². The van der Waals surface area contributed by atoms with Crippen LogP contribution in [-0.2, 0) is 4.74 Å². The molecular weight excluding hydrogens is 564 g/mol. The van der Waals surface area contributed by atoms with Gasteiger partial charge in [-0.3, -0.25) is 0 Å². The van der Waals surface area contributed by atoms with E-state index in [0.29, 0.717) is 38.8 Å². The lowest BCUT2D eigenvalue weighted by Crippen LogP contribution is -2.41. The quantitative estimate of drug-likeness (QED) is 0.243. The summed E-state index contributed by atoms with van der Waals surface area (Å²) >= 11 is 14.9. The van der Waals surface area contributed by atoms with Crippen LogP contribution < -0.4 is 4.90 Å². The fraction of sp³-hybridized carbons (Fsp3) is 0.444. The van der Waals surface area contributed by atoms with Crippen LogP contribution in [-0.4, -0.2) is 50.8 Å². The van der Waals surface area contributed by atoms with E-state index in [2.05, 4.69) is 42.0 Å². The van der Waals surface area contributed by atoms with Crippen LogP contribution in [0.2, 0.25) is 10.2 Å². The lowest BCUT2D eigenvalue weighted by atomic mass is 9.78. The van der Waals surface area contributed by atoms with Gasteiger partial charge >= 0.3 is 0 Å². The van der Waals surface area contributed by atoms with Crippen LogP contribution in [0.25, 0.3) is 22.4 Å². The van der Waals surface area contributed by atoms with E-state index in [9.17, 15) is 4.39 Å². The first-order chi connectivity index (χ1) is 14.5. The molecular formula is C18H17Cl2FIN6OP. The summed E-state index contributed by atoms with van der Waals surface area (Å²) in [6, 6.07) is 1.62. The Bertz CT molecular complexity index is 1120. The molecule has 158 valence electrons. The topological polar surface area (TPSA) is 69.0 Å². The van der Waals surface area contributed by atoms with Crippen molar-refractivity contribution in [2.24, 2.45) is 5.41 Å². The van der Waals surface area contributed by atoms with E-state index in [1.807, 2.05) is 0 Å². The highest BCUT2D eigenvalue weighted by Crippen LogP contribution is 2.42. The molecule has 1 unspecified atom stereocenters. The fourth-order valence-electron chi connectivity index (χ4n) is 4.18. The maximum absolute atomic E-state index is 13.9. The zero-order chi connectivity index (χ0) is 20.9. The molecule has 0 saturated carbocycles. The first kappa shape index (κ1) is 21.0. The van der Waals surface area contributed by atoms with Gasteiger partial charge in [0.1, 0.15) is 16.2 Å². The van der Waals surface area contributed by atoms with Crippen molar-refractivity contribution in [3.63, 3.8) is 0 Å². The van der Waals surface area contributed by atoms with Gasteiger partial charge in [0.25, 0.3) is 0 Å². The fourth-order valence-corrected chi connectivity index (χ4v) is 6.01. The van der Waals surface area contributed by atoms with Gasteiger partial charge < -0.3 is 9.64 Å². The van der Waals surface area contributed by atoms with Crippen molar-refractivity contribution in [2.45, 2.75) is 19.3 Å². The number of hydrogen-bond donors (Lipinski definition) is 0. The number of halogens is 4. The Morgan fingerprint density at radius 3 is 2.70 bits per heavy atom. The number of pyridine rings is 1. The Kier molecular flexibility index (Phi) is 5.77. The number of anilines is 1. The lowest BCUT2D eigenvalue weighted by Gasteiger charge is -2.38. The minimum absolute atomic E-state index is 0.0945. The van der Waals surface area contributed by atoms with Crippen molar-refractivity contribution in [3.05, 3.63) is 28.4 Å². The Hall–Kier alpha value is -0.870. The smallest absolute Gasteiger partial charge is 0.232 e. The minimum Gasteiger partial charge on any atom is -0.381 e. The van der Waals surface area contributed by atoms with E-state index in [1.165, 1.54) is 6.20 Å². The van der Waals surface area contributed by atoms with Crippen LogP contribution in [0.3, 0.4) is 0 Å². The molecule has 5 heterocycles. The maximum Gasteiger partial charge on any atom is 0.232 e. The molecule has 2 aliphatic heterocycles. The zero-order valence-electron chi connectivity index (χ0n) is 15.7. The summed E-state index contributed by atoms with van der Waals surface area (Å²) in [5.41, 5.74) is 2.26. The molecule has 1 atom stereocenters. The third-order valence-corrected chi connectivity index (χ3v) is 8.39. The van der Waals surface area contributed by atoms with E-state index in [0.717, 1.165) is 45.6 Å². The monoisotopic (exact) mass is 580 g/mol. The molecule has 2 saturated heterocycles. The molecule has 0 amide bonds. The van der Waals surface area contributed by atoms with Crippen LogP contribution >= 0.6 is 51.6 Å². The zero-order valence-corrected chi connectivity index (χ0v) is 20.4. The summed E-state index contributed by atoms with van der Waals surface area (Å²) in [6.07, 6.45) is 4.86. The normalized spacial score (nSPS) is 19.0. The number of piperidine rings is 1. The molecule has 0 bridgehead atoms. The molecule has 0 aromatic carbocycles. The van der Waals surface area contributed by atoms with E-state index in [-0.39, 0.29) is 11.4 Å². The SMILES string of the molecule is Fc1nccc(-c2nn(PI)c3nc(N4CCC5(CCOC5)CC4)c(Cl)nc23)c1Cl. The second kappa shape index (κ2) is 8.24. The van der Waals surface area contributed by atoms with Crippen molar-refractivity contribution in [3.8, 4) is 11.3 Å². The van der Waals surface area contributed by atoms with Crippen LogP contribution in [0.15, 0.2) is 12.3 Å². The molecule has 7 nitrogen and oxygen atoms in total. The Morgan fingerprint density at radius 2 is 2.00 bits per heavy atom. The highest BCUT2D eigenvalue weighted by atomic mass is 127. The molecule has 3 aromatic heterocycles. The molecule has 0 N–H and O–H groups in total. The van der Waals surface area contributed by atoms with Gasteiger partial charge in [-0.15, -0.1) is 0 Å². The van der Waals surface area contributed by atoms with Gasteiger partial charge in [0.2, 0.25) is 5.95 Å². The van der Waals surface area contributed by atoms with Crippen molar-refractivity contribution in [1.29, 1.82) is 0 Å². The van der Waals surface area contributed by atoms with E-state index < -0.39 is 5.95 Å². The van der Waals surface area contributed by atoms with Gasteiger partial charge in [0.15, 0.2) is 16.6 Å². The van der Waals surface area contributed by atoms with E-state index in [1.54, 1.807) is 10.5 Å². The van der Waals surface area contributed by atoms with Gasteiger partial charge in [0, 0.05) is 31.5 Å². The highest BCUT2D eigenvalue weighted by molar-refractivity contribution is 14.2. The molecule has 1 spiro atoms. The first-order valence-electron chi connectivity index (χ1n) is 9.47. The predicted molar refractivity (Wildman–Crippen MR) is 126 cm³/mol. The summed E-state index contributed by atoms with van der Waals surface area (Å²) in [4.78, 5) is 15.2. The van der Waals surface area contributed by atoms with Crippen LogP contribution in [0, 0.1) is 11.4 Å². The van der Waals surface area contributed by atoms with E-state index >= 15 is 0 Å². The van der Waals surface area contributed by atoms with Gasteiger partial charge in [-0.25, -0.2) is 19.4 Å². The van der Waals surface area contributed by atoms with Crippen LogP contribution in [0.1, 0.15) is 19.3 Å². The second-order valence-corrected chi connectivity index (χ2v) is 10.4. The number of aromatic nitrogens is 5. The number of nitrogens with zero attached hydrogens (tertiary/aromatic N) is 6. The average Bonchev–Trinajstić information content (AvgIpc) is 3.35. The van der Waals surface area contributed by atoms with Crippen LogP contribution in [0.4, 0.5) is 10.2 Å². The molecule has 2 aliphatic rings. The second-order valence-electron chi connectivity index (χ2n) is 7.61. The molecule has 0 aliphatic carbocycles. The largest absolute Gasteiger partial charge is 0.381 e. The van der Waals surface area contributed by atoms with Crippen molar-refractivity contribution in [1.82, 2.24) is 24.5 Å². The first-order valence-corrected chi connectivity index (χ1v) is 14.3. The van der Waals surface area contributed by atoms with Gasteiger partial charge in [-0.1, -0.05) is 23.2 Å². The molecule has 3 aromatic rings. The lowest BCUT2D eigenvalue weighted by molar-refractivity contribution is 0.133. The number of rotatable bonds is 3. The number of fused-ring (bicyclic) bond motifs is 1. The van der Waals surface area contributed by atoms with Gasteiger partial charge in [0.05, 0.1) is 13.0 Å². The summed E-state index contributed by atoms with van der Waals surface area (Å²) in [7, 11) is 0. The van der Waals surface area contributed by atoms with Crippen LogP contribution in [0.5, 0.6) is 0 Å². The Labute approximate surface area is 197 Å². The molecule has 0 radical (unpaired) electrons. The third-order valence-electron chi connectivity index (χ3n) is 5.93. The summed E-state index contributed by atoms with van der Waals surface area (Å²) in [5.74, 6) is -0.0881. The van der Waals surface area contributed by atoms with Crippen molar-refractivity contribution >= 4 is 68.6 Å². The van der Waals surface area contributed by atoms with Crippen molar-refractivity contribution < 1.29 is 9.13 Å². The molecule has 5 rings (SSSR count). The molecule has 30 heavy (non-hydrogen) atoms. The highest BCUT2D eigenvalue weighted by Gasteiger charge is 2.39. The summed E-state index contributed by atoms with van der Waals surface area (Å²) < 4.78 is 21.3. The van der Waals surface area contributed by atoms with E-state index in [4.69, 9.17) is 32.9 Å². The Balaban J connectivity index is 1.55. The predicted octanol–water partition coefficient (Wildman–Crippen LogP) is 5.13. The summed E-state index contributed by atoms with van der Waals surface area (Å²) in [5, 5.41) is 4.80. The standard InChI is InChI=1S/C18H17Cl2FIN6OP/c19-11-10(1-5-23-15(11)21)12-13-16(28(26-12)30-22)25-17(14(20)24-13)27-6-2-18(3-7-27)4-8-29-9-18/h1,5,30H,2-4,6-9H2. The maximum atomic E-state index is 13.9. The number of ether oxygens (including phenoxy) is 1. The number of hydrogen-bond acceptors (Lipinski definition) is 6. The Morgan fingerprint density at radius 1 is 1.20 bits per heavy atom. The van der Waals surface area contributed by atoms with Gasteiger partial charge in [-0.2, -0.15) is 9.49 Å². The third kappa shape index (κ3) is 3.56. The van der Waals surface area contributed by atoms with Gasteiger partial charge in [-0.05, 0) is 52.8 Å². The minimum atomic E-state index is -0.748. The average molecular weight is 581 g/mol. The molecule has 12 heteroatoms. The summed E-state index contributed by atoms with van der Waals surface area (Å²) in [6.45, 7) is 3.41.